The maximum Gasteiger partial charge on any atom is 0.294 e. The Morgan fingerprint density at radius 1 is 1.32 bits per heavy atom. The highest BCUT2D eigenvalue weighted by molar-refractivity contribution is 6.44. The molecule has 0 saturated carbocycles. The smallest absolute Gasteiger partial charge is 0.294 e. The van der Waals surface area contributed by atoms with Crippen molar-refractivity contribution in [2.75, 3.05) is 18.9 Å². The average molecular weight is 419 g/mol. The minimum absolute atomic E-state index is 0.119. The summed E-state index contributed by atoms with van der Waals surface area (Å²) in [4.78, 5) is 16.6. The molecule has 2 N–H and O–H groups in total. The van der Waals surface area contributed by atoms with Gasteiger partial charge in [-0.2, -0.15) is 0 Å². The fourth-order valence-corrected chi connectivity index (χ4v) is 4.24. The van der Waals surface area contributed by atoms with Crippen LogP contribution in [0.3, 0.4) is 0 Å². The number of H-pyrrole nitrogens is 1. The summed E-state index contributed by atoms with van der Waals surface area (Å²) in [6, 6.07) is 9.21. The molecule has 146 valence electrons. The summed E-state index contributed by atoms with van der Waals surface area (Å²) in [5.74, 6) is 0. The van der Waals surface area contributed by atoms with Crippen molar-refractivity contribution >= 4 is 51.2 Å². The van der Waals surface area contributed by atoms with Crippen LogP contribution in [0.2, 0.25) is 10.0 Å². The van der Waals surface area contributed by atoms with Crippen molar-refractivity contribution in [3.05, 3.63) is 62.3 Å². The van der Waals surface area contributed by atoms with E-state index in [1.54, 1.807) is 0 Å². The molecule has 2 heterocycles. The molecule has 1 fully saturated rings. The predicted molar refractivity (Wildman–Crippen MR) is 114 cm³/mol. The molecule has 4 rings (SSSR count). The fourth-order valence-electron chi connectivity index (χ4n) is 3.88. The van der Waals surface area contributed by atoms with Gasteiger partial charge >= 0.3 is 0 Å². The second kappa shape index (κ2) is 7.62. The number of hydrogen-bond donors (Lipinski definition) is 2. The van der Waals surface area contributed by atoms with E-state index in [2.05, 4.69) is 28.4 Å². The van der Waals surface area contributed by atoms with Gasteiger partial charge in [0.25, 0.3) is 5.69 Å². The lowest BCUT2D eigenvalue weighted by Gasteiger charge is -2.18. The third-order valence-corrected chi connectivity index (χ3v) is 6.24. The van der Waals surface area contributed by atoms with E-state index in [4.69, 9.17) is 23.2 Å². The number of nitro groups is 1. The normalized spacial score (nSPS) is 17.3. The Balaban J connectivity index is 1.63. The number of fused-ring (bicyclic) bond motifs is 1. The highest BCUT2D eigenvalue weighted by atomic mass is 35.5. The van der Waals surface area contributed by atoms with E-state index in [1.807, 2.05) is 18.2 Å². The molecule has 1 aromatic heterocycles. The largest absolute Gasteiger partial charge is 0.361 e. The third kappa shape index (κ3) is 3.55. The lowest BCUT2D eigenvalue weighted by atomic mass is 10.0. The van der Waals surface area contributed by atoms with Gasteiger partial charge in [-0.25, -0.2) is 0 Å². The van der Waals surface area contributed by atoms with Crippen molar-refractivity contribution in [2.24, 2.45) is 0 Å². The van der Waals surface area contributed by atoms with Crippen LogP contribution < -0.4 is 5.32 Å². The van der Waals surface area contributed by atoms with Crippen LogP contribution in [0, 0.1) is 10.1 Å². The molecule has 6 nitrogen and oxygen atoms in total. The number of nitrogens with one attached hydrogen (secondary N) is 2. The van der Waals surface area contributed by atoms with Crippen molar-refractivity contribution in [3.63, 3.8) is 0 Å². The number of aromatic nitrogens is 1. The van der Waals surface area contributed by atoms with Gasteiger partial charge in [-0.3, -0.25) is 10.1 Å². The first-order chi connectivity index (χ1) is 13.4. The maximum atomic E-state index is 11.3. The summed E-state index contributed by atoms with van der Waals surface area (Å²) >= 11 is 12.3. The molecule has 0 amide bonds. The molecular weight excluding hydrogens is 399 g/mol. The van der Waals surface area contributed by atoms with Crippen molar-refractivity contribution in [1.82, 2.24) is 9.88 Å². The van der Waals surface area contributed by atoms with Gasteiger partial charge in [-0.1, -0.05) is 29.3 Å². The first-order valence-corrected chi connectivity index (χ1v) is 9.89. The van der Waals surface area contributed by atoms with Gasteiger partial charge in [-0.05, 0) is 56.6 Å². The number of hydrogen-bond acceptors (Lipinski definition) is 4. The second-order valence-corrected chi connectivity index (χ2v) is 7.98. The highest BCUT2D eigenvalue weighted by Crippen LogP contribution is 2.39. The number of nitro benzene ring substituents is 1. The first kappa shape index (κ1) is 19.1. The summed E-state index contributed by atoms with van der Waals surface area (Å²) in [5.41, 5.74) is 3.03. The molecule has 1 saturated heterocycles. The number of likely N-dealkylation sites (N-methyl/N-ethyl adjacent to an activating group) is 1. The number of likely N-dealkylation sites (tertiary alicyclic amines) is 1. The van der Waals surface area contributed by atoms with E-state index in [0.29, 0.717) is 11.7 Å². The van der Waals surface area contributed by atoms with Crippen molar-refractivity contribution in [2.45, 2.75) is 25.3 Å². The molecule has 1 aliphatic heterocycles. The molecule has 0 aliphatic carbocycles. The zero-order valence-corrected chi connectivity index (χ0v) is 16.8. The van der Waals surface area contributed by atoms with E-state index >= 15 is 0 Å². The van der Waals surface area contributed by atoms with Gasteiger partial charge in [0.05, 0.1) is 15.0 Å². The quantitative estimate of drug-likeness (QED) is 0.407. The van der Waals surface area contributed by atoms with Crippen LogP contribution in [-0.4, -0.2) is 34.4 Å². The van der Waals surface area contributed by atoms with Crippen LogP contribution in [0.15, 0.2) is 36.5 Å². The summed E-state index contributed by atoms with van der Waals surface area (Å²) in [5, 5.41) is 16.0. The Kier molecular flexibility index (Phi) is 5.19. The summed E-state index contributed by atoms with van der Waals surface area (Å²) in [6.45, 7) is 1.15. The van der Waals surface area contributed by atoms with Crippen molar-refractivity contribution < 1.29 is 4.92 Å². The van der Waals surface area contributed by atoms with E-state index < -0.39 is 4.92 Å². The Bertz CT molecular complexity index is 1050. The van der Waals surface area contributed by atoms with E-state index in [0.717, 1.165) is 23.9 Å². The maximum absolute atomic E-state index is 11.3. The topological polar surface area (TPSA) is 74.2 Å². The molecule has 0 spiro atoms. The van der Waals surface area contributed by atoms with E-state index in [1.165, 1.54) is 30.5 Å². The fraction of sp³-hybridized carbons (Fsp3) is 0.300. The Morgan fingerprint density at radius 3 is 2.86 bits per heavy atom. The zero-order valence-electron chi connectivity index (χ0n) is 15.3. The molecule has 3 aromatic rings. The predicted octanol–water partition coefficient (Wildman–Crippen LogP) is 5.76. The summed E-state index contributed by atoms with van der Waals surface area (Å²) < 4.78 is 0. The molecule has 0 bridgehead atoms. The zero-order chi connectivity index (χ0) is 19.8. The number of anilines is 2. The number of rotatable bonds is 5. The lowest BCUT2D eigenvalue weighted by molar-refractivity contribution is -0.383. The van der Waals surface area contributed by atoms with Crippen LogP contribution >= 0.6 is 23.2 Å². The van der Waals surface area contributed by atoms with E-state index in [-0.39, 0.29) is 21.4 Å². The van der Waals surface area contributed by atoms with Crippen LogP contribution in [0.25, 0.3) is 10.9 Å². The summed E-state index contributed by atoms with van der Waals surface area (Å²) in [7, 11) is 2.18. The molecule has 2 aromatic carbocycles. The first-order valence-electron chi connectivity index (χ1n) is 9.13. The lowest BCUT2D eigenvalue weighted by Crippen LogP contribution is -2.26. The Labute approximate surface area is 172 Å². The van der Waals surface area contributed by atoms with E-state index in [9.17, 15) is 10.1 Å². The van der Waals surface area contributed by atoms with Crippen LogP contribution in [0.4, 0.5) is 17.1 Å². The molecule has 1 aliphatic rings. The van der Waals surface area contributed by atoms with Crippen LogP contribution in [-0.2, 0) is 6.42 Å². The minimum atomic E-state index is -0.478. The van der Waals surface area contributed by atoms with Gasteiger partial charge < -0.3 is 15.2 Å². The SMILES string of the molecule is CN1CCCC1Cc1c[nH]c2cc(Nc3c([N+](=O)[O-])ccc(Cl)c3Cl)ccc12. The third-order valence-electron chi connectivity index (χ3n) is 5.43. The summed E-state index contributed by atoms with van der Waals surface area (Å²) in [6.07, 6.45) is 5.53. The Hall–Kier alpha value is -2.28. The standard InChI is InChI=1S/C20H20Cl2N4O2/c1-25-8-2-3-14(25)9-12-11-23-17-10-13(4-5-15(12)17)24-20-18(26(27)28)7-6-16(21)19(20)22/h4-7,10-11,14,23-24H,2-3,8-9H2,1H3. The van der Waals surface area contributed by atoms with Gasteiger partial charge in [0.2, 0.25) is 0 Å². The van der Waals surface area contributed by atoms with Crippen molar-refractivity contribution in [3.8, 4) is 0 Å². The van der Waals surface area contributed by atoms with Gasteiger partial charge in [0.15, 0.2) is 0 Å². The van der Waals surface area contributed by atoms with Gasteiger partial charge in [0.1, 0.15) is 5.69 Å². The van der Waals surface area contributed by atoms with Crippen LogP contribution in [0.1, 0.15) is 18.4 Å². The van der Waals surface area contributed by atoms with Gasteiger partial charge in [-0.15, -0.1) is 0 Å². The van der Waals surface area contributed by atoms with Crippen molar-refractivity contribution in [1.29, 1.82) is 0 Å². The van der Waals surface area contributed by atoms with Crippen LogP contribution in [0.5, 0.6) is 0 Å². The molecule has 0 radical (unpaired) electrons. The minimum Gasteiger partial charge on any atom is -0.361 e. The number of aromatic amines is 1. The highest BCUT2D eigenvalue weighted by Gasteiger charge is 2.23. The molecule has 8 heteroatoms. The number of halogens is 2. The monoisotopic (exact) mass is 418 g/mol. The Morgan fingerprint density at radius 2 is 2.14 bits per heavy atom. The number of nitrogens with zero attached hydrogens (tertiary/aromatic N) is 2. The molecular formula is C20H20Cl2N4O2. The molecule has 1 atom stereocenters. The molecule has 1 unspecified atom stereocenters. The average Bonchev–Trinajstić information content (AvgIpc) is 3.25. The second-order valence-electron chi connectivity index (χ2n) is 7.19. The van der Waals surface area contributed by atoms with Gasteiger partial charge in [0, 0.05) is 34.9 Å². The number of benzene rings is 2. The molecule has 28 heavy (non-hydrogen) atoms.